The zero-order chi connectivity index (χ0) is 16.9. The van der Waals surface area contributed by atoms with E-state index in [-0.39, 0.29) is 5.78 Å². The fourth-order valence-electron chi connectivity index (χ4n) is 3.05. The zero-order valence-electron chi connectivity index (χ0n) is 13.9. The van der Waals surface area contributed by atoms with Gasteiger partial charge < -0.3 is 9.64 Å². The molecular formula is C20H22ClNO2. The molecule has 2 aromatic carbocycles. The Bertz CT molecular complexity index is 709. The molecule has 24 heavy (non-hydrogen) atoms. The third-order valence-corrected chi connectivity index (χ3v) is 4.66. The molecule has 0 N–H and O–H groups in total. The number of benzene rings is 2. The summed E-state index contributed by atoms with van der Waals surface area (Å²) in [6.07, 6.45) is 3.60. The van der Waals surface area contributed by atoms with Gasteiger partial charge in [0.2, 0.25) is 0 Å². The highest BCUT2D eigenvalue weighted by Gasteiger charge is 2.19. The maximum absolute atomic E-state index is 12.0. The highest BCUT2D eigenvalue weighted by atomic mass is 35.5. The van der Waals surface area contributed by atoms with E-state index in [4.69, 9.17) is 16.3 Å². The summed E-state index contributed by atoms with van der Waals surface area (Å²) in [6.45, 7) is 3.97. The van der Waals surface area contributed by atoms with E-state index in [0.717, 1.165) is 24.3 Å². The number of piperidine rings is 1. The Balaban J connectivity index is 1.88. The molecule has 1 saturated heterocycles. The number of halogens is 1. The smallest absolute Gasteiger partial charge is 0.163 e. The Kier molecular flexibility index (Phi) is 5.41. The van der Waals surface area contributed by atoms with Gasteiger partial charge in [-0.05, 0) is 37.8 Å². The van der Waals surface area contributed by atoms with Gasteiger partial charge in [-0.2, -0.15) is 0 Å². The molecule has 2 aromatic rings. The number of anilines is 1. The summed E-state index contributed by atoms with van der Waals surface area (Å²) in [5.41, 5.74) is 2.57. The first-order valence-electron chi connectivity index (χ1n) is 8.41. The van der Waals surface area contributed by atoms with E-state index in [1.807, 2.05) is 36.4 Å². The highest BCUT2D eigenvalue weighted by Crippen LogP contribution is 2.35. The Morgan fingerprint density at radius 2 is 1.83 bits per heavy atom. The van der Waals surface area contributed by atoms with Gasteiger partial charge in [-0.25, -0.2) is 0 Å². The molecule has 0 spiro atoms. The fraction of sp³-hybridized carbons (Fsp3) is 0.350. The van der Waals surface area contributed by atoms with E-state index in [1.165, 1.54) is 19.3 Å². The van der Waals surface area contributed by atoms with Gasteiger partial charge in [0.25, 0.3) is 0 Å². The van der Waals surface area contributed by atoms with E-state index in [1.54, 1.807) is 13.0 Å². The third kappa shape index (κ3) is 3.90. The molecule has 1 aliphatic rings. The minimum absolute atomic E-state index is 0.0369. The predicted molar refractivity (Wildman–Crippen MR) is 98.3 cm³/mol. The molecular weight excluding hydrogens is 322 g/mol. The molecule has 1 fully saturated rings. The molecule has 1 aliphatic heterocycles. The molecule has 0 bridgehead atoms. The van der Waals surface area contributed by atoms with Crippen molar-refractivity contribution in [3.05, 3.63) is 58.6 Å². The Labute approximate surface area is 148 Å². The van der Waals surface area contributed by atoms with Crippen LogP contribution in [-0.4, -0.2) is 18.9 Å². The van der Waals surface area contributed by atoms with E-state index >= 15 is 0 Å². The molecule has 3 nitrogen and oxygen atoms in total. The summed E-state index contributed by atoms with van der Waals surface area (Å²) < 4.78 is 5.96. The largest absolute Gasteiger partial charge is 0.488 e. The van der Waals surface area contributed by atoms with Gasteiger partial charge in [0.05, 0.1) is 16.3 Å². The monoisotopic (exact) mass is 343 g/mol. The second kappa shape index (κ2) is 7.71. The SMILES string of the molecule is CC(=O)c1cc(Cl)c(N2CCCCC2)cc1OCc1ccccc1. The number of ketones is 1. The van der Waals surface area contributed by atoms with Crippen molar-refractivity contribution < 1.29 is 9.53 Å². The van der Waals surface area contributed by atoms with Crippen molar-refractivity contribution in [3.8, 4) is 5.75 Å². The lowest BCUT2D eigenvalue weighted by atomic mass is 10.1. The first kappa shape index (κ1) is 16.8. The lowest BCUT2D eigenvalue weighted by molar-refractivity contribution is 0.101. The van der Waals surface area contributed by atoms with Crippen LogP contribution in [-0.2, 0) is 6.61 Å². The van der Waals surface area contributed by atoms with Crippen LogP contribution in [0.5, 0.6) is 5.75 Å². The van der Waals surface area contributed by atoms with E-state index < -0.39 is 0 Å². The summed E-state index contributed by atoms with van der Waals surface area (Å²) in [5.74, 6) is 0.571. The van der Waals surface area contributed by atoms with Crippen molar-refractivity contribution in [3.63, 3.8) is 0 Å². The first-order valence-corrected chi connectivity index (χ1v) is 8.79. The van der Waals surface area contributed by atoms with Crippen LogP contribution in [0.25, 0.3) is 0 Å². The van der Waals surface area contributed by atoms with Gasteiger partial charge in [-0.1, -0.05) is 41.9 Å². The predicted octanol–water partition coefficient (Wildman–Crippen LogP) is 5.11. The molecule has 0 saturated carbocycles. The quantitative estimate of drug-likeness (QED) is 0.706. The summed E-state index contributed by atoms with van der Waals surface area (Å²) in [7, 11) is 0. The lowest BCUT2D eigenvalue weighted by Gasteiger charge is -2.30. The number of carbonyl (C=O) groups is 1. The molecule has 0 aliphatic carbocycles. The third-order valence-electron chi connectivity index (χ3n) is 4.36. The average molecular weight is 344 g/mol. The average Bonchev–Trinajstić information content (AvgIpc) is 2.62. The van der Waals surface area contributed by atoms with Crippen LogP contribution >= 0.6 is 11.6 Å². The van der Waals surface area contributed by atoms with Crippen LogP contribution in [0.15, 0.2) is 42.5 Å². The molecule has 3 rings (SSSR count). The first-order chi connectivity index (χ1) is 11.6. The van der Waals surface area contributed by atoms with E-state index in [0.29, 0.717) is 22.9 Å². The van der Waals surface area contributed by atoms with Crippen molar-refractivity contribution in [2.24, 2.45) is 0 Å². The number of ether oxygens (including phenoxy) is 1. The number of carbonyl (C=O) groups excluding carboxylic acids is 1. The van der Waals surface area contributed by atoms with Gasteiger partial charge in [-0.15, -0.1) is 0 Å². The minimum atomic E-state index is -0.0369. The van der Waals surface area contributed by atoms with Crippen molar-refractivity contribution in [1.29, 1.82) is 0 Å². The number of Topliss-reactive ketones (excluding diaryl/α,β-unsaturated/α-hetero) is 1. The van der Waals surface area contributed by atoms with Crippen LogP contribution in [0.2, 0.25) is 5.02 Å². The van der Waals surface area contributed by atoms with Crippen molar-refractivity contribution >= 4 is 23.1 Å². The van der Waals surface area contributed by atoms with Gasteiger partial charge in [0.15, 0.2) is 5.78 Å². The second-order valence-electron chi connectivity index (χ2n) is 6.18. The Morgan fingerprint density at radius 1 is 1.12 bits per heavy atom. The molecule has 0 radical (unpaired) electrons. The maximum atomic E-state index is 12.0. The van der Waals surface area contributed by atoms with Gasteiger partial charge >= 0.3 is 0 Å². The van der Waals surface area contributed by atoms with Crippen LogP contribution < -0.4 is 9.64 Å². The van der Waals surface area contributed by atoms with Crippen LogP contribution in [0.4, 0.5) is 5.69 Å². The van der Waals surface area contributed by atoms with Crippen LogP contribution in [0.3, 0.4) is 0 Å². The Morgan fingerprint density at radius 3 is 2.50 bits per heavy atom. The van der Waals surface area contributed by atoms with E-state index in [9.17, 15) is 4.79 Å². The topological polar surface area (TPSA) is 29.5 Å². The van der Waals surface area contributed by atoms with Gasteiger partial charge in [0, 0.05) is 19.2 Å². The molecule has 0 aromatic heterocycles. The standard InChI is InChI=1S/C20H22ClNO2/c1-15(23)17-12-18(21)19(22-10-6-3-7-11-22)13-20(17)24-14-16-8-4-2-5-9-16/h2,4-5,8-9,12-13H,3,6-7,10-11,14H2,1H3. The fourth-order valence-corrected chi connectivity index (χ4v) is 3.33. The molecule has 1 heterocycles. The van der Waals surface area contributed by atoms with Crippen molar-refractivity contribution in [2.45, 2.75) is 32.8 Å². The van der Waals surface area contributed by atoms with E-state index in [2.05, 4.69) is 4.90 Å². The normalized spacial score (nSPS) is 14.5. The van der Waals surface area contributed by atoms with Crippen LogP contribution in [0, 0.1) is 0 Å². The summed E-state index contributed by atoms with van der Waals surface area (Å²) in [6, 6.07) is 13.6. The van der Waals surface area contributed by atoms with Crippen molar-refractivity contribution in [2.75, 3.05) is 18.0 Å². The minimum Gasteiger partial charge on any atom is -0.488 e. The van der Waals surface area contributed by atoms with Gasteiger partial charge in [-0.3, -0.25) is 4.79 Å². The van der Waals surface area contributed by atoms with Crippen molar-refractivity contribution in [1.82, 2.24) is 0 Å². The lowest BCUT2D eigenvalue weighted by Crippen LogP contribution is -2.29. The molecule has 0 amide bonds. The summed E-state index contributed by atoms with van der Waals surface area (Å²) >= 11 is 6.45. The zero-order valence-corrected chi connectivity index (χ0v) is 14.7. The number of hydrogen-bond donors (Lipinski definition) is 0. The highest BCUT2D eigenvalue weighted by molar-refractivity contribution is 6.33. The summed E-state index contributed by atoms with van der Waals surface area (Å²) in [4.78, 5) is 14.2. The molecule has 0 unspecified atom stereocenters. The molecule has 0 atom stereocenters. The van der Waals surface area contributed by atoms with Gasteiger partial charge in [0.1, 0.15) is 12.4 Å². The molecule has 4 heteroatoms. The number of hydrogen-bond acceptors (Lipinski definition) is 3. The summed E-state index contributed by atoms with van der Waals surface area (Å²) in [5, 5.41) is 0.620. The number of nitrogens with zero attached hydrogens (tertiary/aromatic N) is 1. The maximum Gasteiger partial charge on any atom is 0.163 e. The number of rotatable bonds is 5. The second-order valence-corrected chi connectivity index (χ2v) is 6.59. The Hall–Kier alpha value is -2.00. The van der Waals surface area contributed by atoms with Crippen LogP contribution in [0.1, 0.15) is 42.1 Å². The molecule has 126 valence electrons.